The van der Waals surface area contributed by atoms with E-state index in [-0.39, 0.29) is 0 Å². The van der Waals surface area contributed by atoms with Crippen molar-refractivity contribution in [1.29, 1.82) is 0 Å². The normalized spacial score (nSPS) is 11.3. The van der Waals surface area contributed by atoms with Crippen molar-refractivity contribution in [2.45, 2.75) is 13.8 Å². The van der Waals surface area contributed by atoms with Crippen molar-refractivity contribution < 1.29 is 0 Å². The zero-order chi connectivity index (χ0) is 10.4. The van der Waals surface area contributed by atoms with Crippen molar-refractivity contribution in [2.75, 3.05) is 0 Å². The maximum atomic E-state index is 4.52. The van der Waals surface area contributed by atoms with Gasteiger partial charge in [-0.25, -0.2) is 4.98 Å². The van der Waals surface area contributed by atoms with Crippen molar-refractivity contribution in [3.8, 4) is 0 Å². The molecule has 0 aliphatic heterocycles. The lowest BCUT2D eigenvalue weighted by molar-refractivity contribution is 1.17. The summed E-state index contributed by atoms with van der Waals surface area (Å²) in [5, 5.41) is 2.48. The third-order valence-corrected chi connectivity index (χ3v) is 2.74. The van der Waals surface area contributed by atoms with Gasteiger partial charge in [0.1, 0.15) is 5.82 Å². The highest BCUT2D eigenvalue weighted by Crippen LogP contribution is 2.24. The average Bonchev–Trinajstić information content (AvgIpc) is 2.58. The Kier molecular flexibility index (Phi) is 1.60. The zero-order valence-electron chi connectivity index (χ0n) is 8.83. The third-order valence-electron chi connectivity index (χ3n) is 2.74. The predicted molar refractivity (Wildman–Crippen MR) is 63.1 cm³/mol. The van der Waals surface area contributed by atoms with Crippen molar-refractivity contribution >= 4 is 21.8 Å². The van der Waals surface area contributed by atoms with E-state index in [0.717, 1.165) is 16.9 Å². The van der Waals surface area contributed by atoms with Crippen LogP contribution in [-0.4, -0.2) is 9.97 Å². The van der Waals surface area contributed by atoms with E-state index in [9.17, 15) is 0 Å². The number of aromatic nitrogens is 2. The fourth-order valence-corrected chi connectivity index (χ4v) is 2.04. The van der Waals surface area contributed by atoms with E-state index in [4.69, 9.17) is 0 Å². The molecular weight excluding hydrogens is 184 g/mol. The lowest BCUT2D eigenvalue weighted by Gasteiger charge is -1.99. The van der Waals surface area contributed by atoms with E-state index >= 15 is 0 Å². The highest BCUT2D eigenvalue weighted by atomic mass is 14.9. The summed E-state index contributed by atoms with van der Waals surface area (Å²) in [5.74, 6) is 0.970. The van der Waals surface area contributed by atoms with Crippen LogP contribution >= 0.6 is 0 Å². The number of nitrogens with one attached hydrogen (secondary N) is 1. The van der Waals surface area contributed by atoms with E-state index in [1.165, 1.54) is 16.3 Å². The van der Waals surface area contributed by atoms with Crippen LogP contribution in [0.4, 0.5) is 0 Å². The van der Waals surface area contributed by atoms with Gasteiger partial charge in [-0.15, -0.1) is 0 Å². The lowest BCUT2D eigenvalue weighted by atomic mass is 10.1. The smallest absolute Gasteiger partial charge is 0.104 e. The molecule has 0 aliphatic carbocycles. The van der Waals surface area contributed by atoms with Crippen molar-refractivity contribution in [2.24, 2.45) is 0 Å². The van der Waals surface area contributed by atoms with E-state index in [1.807, 2.05) is 6.92 Å². The Morgan fingerprint density at radius 1 is 1.07 bits per heavy atom. The molecule has 0 bridgehead atoms. The summed E-state index contributed by atoms with van der Waals surface area (Å²) in [7, 11) is 0. The Morgan fingerprint density at radius 3 is 2.80 bits per heavy atom. The molecule has 0 saturated heterocycles. The topological polar surface area (TPSA) is 28.7 Å². The Balaban J connectivity index is 2.53. The molecule has 3 rings (SSSR count). The molecule has 2 nitrogen and oxygen atoms in total. The number of aromatic amines is 1. The molecular formula is C13H12N2. The summed E-state index contributed by atoms with van der Waals surface area (Å²) >= 11 is 0. The van der Waals surface area contributed by atoms with E-state index in [0.29, 0.717) is 0 Å². The largest absolute Gasteiger partial charge is 0.342 e. The molecule has 0 aliphatic rings. The standard InChI is InChI=1S/C13H12N2/c1-8-3-5-11-10(7-8)4-6-12-13(11)15-9(2)14-12/h3-7H,1-2H3,(H,14,15). The molecule has 1 N–H and O–H groups in total. The van der Waals surface area contributed by atoms with Gasteiger partial charge in [0.2, 0.25) is 0 Å². The molecule has 0 radical (unpaired) electrons. The summed E-state index contributed by atoms with van der Waals surface area (Å²) in [6, 6.07) is 10.7. The SMILES string of the molecule is Cc1ccc2c(ccc3[nH]c(C)nc32)c1. The van der Waals surface area contributed by atoms with Crippen LogP contribution in [0.15, 0.2) is 30.3 Å². The van der Waals surface area contributed by atoms with Gasteiger partial charge in [0.25, 0.3) is 0 Å². The van der Waals surface area contributed by atoms with Crippen LogP contribution in [0.3, 0.4) is 0 Å². The molecule has 2 heteroatoms. The van der Waals surface area contributed by atoms with Gasteiger partial charge >= 0.3 is 0 Å². The van der Waals surface area contributed by atoms with Crippen molar-refractivity contribution in [1.82, 2.24) is 9.97 Å². The minimum absolute atomic E-state index is 0.970. The molecule has 1 aromatic heterocycles. The summed E-state index contributed by atoms with van der Waals surface area (Å²) in [6.07, 6.45) is 0. The lowest BCUT2D eigenvalue weighted by Crippen LogP contribution is -1.77. The molecule has 0 saturated carbocycles. The van der Waals surface area contributed by atoms with Gasteiger partial charge in [-0.05, 0) is 25.3 Å². The number of aryl methyl sites for hydroxylation is 2. The molecule has 0 amide bonds. The number of H-pyrrole nitrogens is 1. The van der Waals surface area contributed by atoms with Gasteiger partial charge < -0.3 is 4.98 Å². The minimum atomic E-state index is 0.970. The predicted octanol–water partition coefficient (Wildman–Crippen LogP) is 3.33. The van der Waals surface area contributed by atoms with Crippen molar-refractivity contribution in [3.05, 3.63) is 41.7 Å². The van der Waals surface area contributed by atoms with Crippen LogP contribution in [0.25, 0.3) is 21.8 Å². The Hall–Kier alpha value is -1.83. The summed E-state index contributed by atoms with van der Waals surface area (Å²) < 4.78 is 0. The average molecular weight is 196 g/mol. The number of fused-ring (bicyclic) bond motifs is 3. The van der Waals surface area contributed by atoms with Crippen LogP contribution in [0.5, 0.6) is 0 Å². The first kappa shape index (κ1) is 8.48. The molecule has 0 fully saturated rings. The van der Waals surface area contributed by atoms with Gasteiger partial charge in [-0.1, -0.05) is 29.8 Å². The Labute approximate surface area is 88.0 Å². The van der Waals surface area contributed by atoms with Gasteiger partial charge in [0.05, 0.1) is 11.0 Å². The monoisotopic (exact) mass is 196 g/mol. The molecule has 3 aromatic rings. The zero-order valence-corrected chi connectivity index (χ0v) is 8.83. The first-order valence-electron chi connectivity index (χ1n) is 5.10. The number of rotatable bonds is 0. The Morgan fingerprint density at radius 2 is 1.93 bits per heavy atom. The highest BCUT2D eigenvalue weighted by molar-refractivity contribution is 6.04. The van der Waals surface area contributed by atoms with Crippen LogP contribution < -0.4 is 0 Å². The number of nitrogens with zero attached hydrogens (tertiary/aromatic N) is 1. The molecule has 0 spiro atoms. The summed E-state index contributed by atoms with van der Waals surface area (Å²) in [5.41, 5.74) is 3.47. The second-order valence-electron chi connectivity index (χ2n) is 4.01. The fraction of sp³-hybridized carbons (Fsp3) is 0.154. The van der Waals surface area contributed by atoms with E-state index < -0.39 is 0 Å². The Bertz CT molecular complexity index is 650. The van der Waals surface area contributed by atoms with Crippen LogP contribution in [0, 0.1) is 13.8 Å². The number of hydrogen-bond donors (Lipinski definition) is 1. The molecule has 15 heavy (non-hydrogen) atoms. The first-order valence-corrected chi connectivity index (χ1v) is 5.10. The minimum Gasteiger partial charge on any atom is -0.342 e. The maximum absolute atomic E-state index is 4.52. The maximum Gasteiger partial charge on any atom is 0.104 e. The second kappa shape index (κ2) is 2.83. The summed E-state index contributed by atoms with van der Waals surface area (Å²) in [6.45, 7) is 4.10. The number of imidazole rings is 1. The molecule has 74 valence electrons. The van der Waals surface area contributed by atoms with Crippen LogP contribution in [0.2, 0.25) is 0 Å². The summed E-state index contributed by atoms with van der Waals surface area (Å²) in [4.78, 5) is 7.77. The van der Waals surface area contributed by atoms with Gasteiger partial charge in [0, 0.05) is 5.39 Å². The molecule has 1 heterocycles. The van der Waals surface area contributed by atoms with Gasteiger partial charge in [-0.3, -0.25) is 0 Å². The molecule has 2 aromatic carbocycles. The van der Waals surface area contributed by atoms with Crippen LogP contribution in [0.1, 0.15) is 11.4 Å². The fourth-order valence-electron chi connectivity index (χ4n) is 2.04. The van der Waals surface area contributed by atoms with Gasteiger partial charge in [-0.2, -0.15) is 0 Å². The van der Waals surface area contributed by atoms with Crippen molar-refractivity contribution in [3.63, 3.8) is 0 Å². The quantitative estimate of drug-likeness (QED) is 0.587. The van der Waals surface area contributed by atoms with Crippen LogP contribution in [-0.2, 0) is 0 Å². The molecule has 0 unspecified atom stereocenters. The van der Waals surface area contributed by atoms with E-state index in [2.05, 4.69) is 47.2 Å². The number of hydrogen-bond acceptors (Lipinski definition) is 1. The molecule has 0 atom stereocenters. The van der Waals surface area contributed by atoms with Gasteiger partial charge in [0.15, 0.2) is 0 Å². The highest BCUT2D eigenvalue weighted by Gasteiger charge is 2.03. The number of benzene rings is 2. The van der Waals surface area contributed by atoms with E-state index in [1.54, 1.807) is 0 Å². The third kappa shape index (κ3) is 1.22. The second-order valence-corrected chi connectivity index (χ2v) is 4.01. The first-order chi connectivity index (χ1) is 7.24.